The molecule has 1 aromatic heterocycles. The zero-order chi connectivity index (χ0) is 11.8. The SMILES string of the molecule is O=C(O)C1=CCCc2cc3ccccc3nc21. The summed E-state index contributed by atoms with van der Waals surface area (Å²) in [6, 6.07) is 9.83. The molecule has 0 spiro atoms. The number of hydrogen-bond donors (Lipinski definition) is 1. The molecule has 1 N–H and O–H groups in total. The van der Waals surface area contributed by atoms with Crippen molar-refractivity contribution >= 4 is 22.4 Å². The normalized spacial score (nSPS) is 14.2. The molecule has 2 aromatic rings. The van der Waals surface area contributed by atoms with E-state index in [1.54, 1.807) is 6.08 Å². The van der Waals surface area contributed by atoms with Crippen LogP contribution in [0, 0.1) is 0 Å². The van der Waals surface area contributed by atoms with Gasteiger partial charge in [0.15, 0.2) is 0 Å². The van der Waals surface area contributed by atoms with Crippen LogP contribution in [-0.2, 0) is 11.2 Å². The van der Waals surface area contributed by atoms with Crippen LogP contribution in [-0.4, -0.2) is 16.1 Å². The quantitative estimate of drug-likeness (QED) is 0.811. The van der Waals surface area contributed by atoms with Crippen molar-refractivity contribution in [2.24, 2.45) is 0 Å². The Morgan fingerprint density at radius 3 is 2.94 bits per heavy atom. The molecule has 0 saturated heterocycles. The van der Waals surface area contributed by atoms with Crippen molar-refractivity contribution in [1.29, 1.82) is 0 Å². The number of carbonyl (C=O) groups is 1. The van der Waals surface area contributed by atoms with Crippen molar-refractivity contribution in [3.8, 4) is 0 Å². The highest BCUT2D eigenvalue weighted by molar-refractivity contribution is 6.15. The number of allylic oxidation sites excluding steroid dienone is 1. The Labute approximate surface area is 98.4 Å². The zero-order valence-corrected chi connectivity index (χ0v) is 9.18. The number of para-hydroxylation sites is 1. The third-order valence-corrected chi connectivity index (χ3v) is 3.05. The maximum absolute atomic E-state index is 11.1. The molecule has 84 valence electrons. The summed E-state index contributed by atoms with van der Waals surface area (Å²) >= 11 is 0. The summed E-state index contributed by atoms with van der Waals surface area (Å²) < 4.78 is 0. The molecule has 1 heterocycles. The van der Waals surface area contributed by atoms with Gasteiger partial charge in [0.2, 0.25) is 0 Å². The summed E-state index contributed by atoms with van der Waals surface area (Å²) in [6.45, 7) is 0. The Hall–Kier alpha value is -2.16. The molecule has 0 aliphatic heterocycles. The second kappa shape index (κ2) is 3.70. The molecule has 0 saturated carbocycles. The second-order valence-corrected chi connectivity index (χ2v) is 4.15. The second-order valence-electron chi connectivity index (χ2n) is 4.15. The Kier molecular flexibility index (Phi) is 2.18. The third-order valence-electron chi connectivity index (χ3n) is 3.05. The summed E-state index contributed by atoms with van der Waals surface area (Å²) in [6.07, 6.45) is 3.39. The fraction of sp³-hybridized carbons (Fsp3) is 0.143. The molecule has 3 nitrogen and oxygen atoms in total. The van der Waals surface area contributed by atoms with Crippen LogP contribution in [0.1, 0.15) is 17.7 Å². The summed E-state index contributed by atoms with van der Waals surface area (Å²) in [4.78, 5) is 15.6. The molecule has 1 aromatic carbocycles. The zero-order valence-electron chi connectivity index (χ0n) is 9.18. The van der Waals surface area contributed by atoms with Crippen LogP contribution in [0.5, 0.6) is 0 Å². The lowest BCUT2D eigenvalue weighted by Crippen LogP contribution is -2.09. The van der Waals surface area contributed by atoms with E-state index in [4.69, 9.17) is 5.11 Å². The van der Waals surface area contributed by atoms with Crippen LogP contribution in [0.25, 0.3) is 16.5 Å². The van der Waals surface area contributed by atoms with Crippen LogP contribution in [0.4, 0.5) is 0 Å². The molecule has 1 aliphatic rings. The molecular formula is C14H11NO2. The molecule has 17 heavy (non-hydrogen) atoms. The number of aliphatic carboxylic acids is 1. The van der Waals surface area contributed by atoms with Crippen molar-refractivity contribution in [2.45, 2.75) is 12.8 Å². The molecule has 3 rings (SSSR count). The van der Waals surface area contributed by atoms with Gasteiger partial charge in [-0.25, -0.2) is 9.78 Å². The lowest BCUT2D eigenvalue weighted by Gasteiger charge is -2.14. The molecule has 3 heteroatoms. The summed E-state index contributed by atoms with van der Waals surface area (Å²) in [7, 11) is 0. The summed E-state index contributed by atoms with van der Waals surface area (Å²) in [5, 5.41) is 10.2. The minimum absolute atomic E-state index is 0.331. The summed E-state index contributed by atoms with van der Waals surface area (Å²) in [5.41, 5.74) is 2.84. The molecule has 0 radical (unpaired) electrons. The third kappa shape index (κ3) is 1.60. The highest BCUT2D eigenvalue weighted by Gasteiger charge is 2.19. The van der Waals surface area contributed by atoms with Gasteiger partial charge >= 0.3 is 5.97 Å². The number of rotatable bonds is 1. The number of nitrogens with zero attached hydrogens (tertiary/aromatic N) is 1. The smallest absolute Gasteiger partial charge is 0.337 e. The first-order valence-electron chi connectivity index (χ1n) is 5.58. The summed E-state index contributed by atoms with van der Waals surface area (Å²) in [5.74, 6) is -0.895. The molecule has 0 atom stereocenters. The van der Waals surface area contributed by atoms with Crippen molar-refractivity contribution in [3.05, 3.63) is 47.7 Å². The van der Waals surface area contributed by atoms with Gasteiger partial charge in [0.1, 0.15) is 0 Å². The van der Waals surface area contributed by atoms with Crippen LogP contribution in [0.15, 0.2) is 36.4 Å². The monoisotopic (exact) mass is 225 g/mol. The number of hydrogen-bond acceptors (Lipinski definition) is 2. The van der Waals surface area contributed by atoms with Crippen molar-refractivity contribution in [1.82, 2.24) is 4.98 Å². The number of fused-ring (bicyclic) bond motifs is 2. The van der Waals surface area contributed by atoms with Gasteiger partial charge in [-0.15, -0.1) is 0 Å². The van der Waals surface area contributed by atoms with Crippen molar-refractivity contribution in [2.75, 3.05) is 0 Å². The van der Waals surface area contributed by atoms with E-state index in [1.165, 1.54) is 0 Å². The Morgan fingerprint density at radius 1 is 1.29 bits per heavy atom. The first-order chi connectivity index (χ1) is 8.25. The van der Waals surface area contributed by atoms with Crippen LogP contribution in [0.2, 0.25) is 0 Å². The Morgan fingerprint density at radius 2 is 2.12 bits per heavy atom. The van der Waals surface area contributed by atoms with E-state index in [1.807, 2.05) is 30.3 Å². The lowest BCUT2D eigenvalue weighted by atomic mass is 9.94. The van der Waals surface area contributed by atoms with Gasteiger partial charge in [0.05, 0.1) is 16.8 Å². The van der Waals surface area contributed by atoms with Crippen LogP contribution < -0.4 is 0 Å². The highest BCUT2D eigenvalue weighted by Crippen LogP contribution is 2.27. The van der Waals surface area contributed by atoms with E-state index in [2.05, 4.69) is 4.98 Å². The van der Waals surface area contributed by atoms with E-state index >= 15 is 0 Å². The minimum Gasteiger partial charge on any atom is -0.478 e. The number of pyridine rings is 1. The molecule has 1 aliphatic carbocycles. The predicted octanol–water partition coefficient (Wildman–Crippen LogP) is 2.65. The van der Waals surface area contributed by atoms with E-state index in [0.29, 0.717) is 11.3 Å². The van der Waals surface area contributed by atoms with Gasteiger partial charge in [-0.05, 0) is 30.5 Å². The highest BCUT2D eigenvalue weighted by atomic mass is 16.4. The van der Waals surface area contributed by atoms with Crippen molar-refractivity contribution < 1.29 is 9.90 Å². The van der Waals surface area contributed by atoms with Gasteiger partial charge < -0.3 is 5.11 Å². The number of benzene rings is 1. The number of aromatic nitrogens is 1. The molecule has 0 bridgehead atoms. The number of carboxylic acid groups (broad SMARTS) is 1. The van der Waals surface area contributed by atoms with Gasteiger partial charge in [0, 0.05) is 5.39 Å². The molecule has 0 amide bonds. The van der Waals surface area contributed by atoms with Crippen LogP contribution >= 0.6 is 0 Å². The maximum atomic E-state index is 11.1. The number of aryl methyl sites for hydroxylation is 1. The van der Waals surface area contributed by atoms with E-state index in [9.17, 15) is 4.79 Å². The molecule has 0 unspecified atom stereocenters. The lowest BCUT2D eigenvalue weighted by molar-refractivity contribution is -0.130. The van der Waals surface area contributed by atoms with E-state index in [0.717, 1.165) is 29.3 Å². The fourth-order valence-electron chi connectivity index (χ4n) is 2.24. The molecular weight excluding hydrogens is 214 g/mol. The Bertz CT molecular complexity index is 644. The van der Waals surface area contributed by atoms with Crippen molar-refractivity contribution in [3.63, 3.8) is 0 Å². The van der Waals surface area contributed by atoms with Gasteiger partial charge in [-0.2, -0.15) is 0 Å². The maximum Gasteiger partial charge on any atom is 0.337 e. The van der Waals surface area contributed by atoms with E-state index in [-0.39, 0.29) is 0 Å². The average Bonchev–Trinajstić information content (AvgIpc) is 2.35. The standard InChI is InChI=1S/C14H11NO2/c16-14(17)11-6-3-5-10-8-9-4-1-2-7-12(9)15-13(10)11/h1-2,4,6-8H,3,5H2,(H,16,17). The fourth-order valence-corrected chi connectivity index (χ4v) is 2.24. The first kappa shape index (κ1) is 10.0. The average molecular weight is 225 g/mol. The topological polar surface area (TPSA) is 50.2 Å². The largest absolute Gasteiger partial charge is 0.478 e. The molecule has 0 fully saturated rings. The van der Waals surface area contributed by atoms with Crippen LogP contribution in [0.3, 0.4) is 0 Å². The minimum atomic E-state index is -0.895. The Balaban J connectivity index is 2.28. The number of carboxylic acids is 1. The van der Waals surface area contributed by atoms with Gasteiger partial charge in [-0.3, -0.25) is 0 Å². The first-order valence-corrected chi connectivity index (χ1v) is 5.58. The predicted molar refractivity (Wildman–Crippen MR) is 65.7 cm³/mol. The van der Waals surface area contributed by atoms with Gasteiger partial charge in [-0.1, -0.05) is 24.3 Å². The van der Waals surface area contributed by atoms with E-state index < -0.39 is 5.97 Å². The van der Waals surface area contributed by atoms with Gasteiger partial charge in [0.25, 0.3) is 0 Å².